The third-order valence-corrected chi connectivity index (χ3v) is 5.26. The Morgan fingerprint density at radius 2 is 1.91 bits per heavy atom. The summed E-state index contributed by atoms with van der Waals surface area (Å²) in [4.78, 5) is 10.7. The highest BCUT2D eigenvalue weighted by Crippen LogP contribution is 2.35. The van der Waals surface area contributed by atoms with E-state index in [0.29, 0.717) is 18.1 Å². The number of morpholine rings is 1. The van der Waals surface area contributed by atoms with Gasteiger partial charge in [-0.1, -0.05) is 17.7 Å². The van der Waals surface area contributed by atoms with Crippen LogP contribution in [-0.2, 0) is 10.9 Å². The Bertz CT molecular complexity index is 1110. The molecular formula is C23H22ClF3N4O3. The number of halogens is 4. The molecule has 3 aromatic rings. The number of nitrogens with zero attached hydrogens (tertiary/aromatic N) is 3. The Kier molecular flexibility index (Phi) is 7.71. The SMILES string of the molecule is FC(F)(F)c1cccc(Oc2ccc(Nc3ccnc(OCCN4CCOCC4)n3)cc2Cl)c1. The predicted molar refractivity (Wildman–Crippen MR) is 121 cm³/mol. The van der Waals surface area contributed by atoms with Gasteiger partial charge in [0.2, 0.25) is 0 Å². The second-order valence-corrected chi connectivity index (χ2v) is 7.83. The van der Waals surface area contributed by atoms with Crippen LogP contribution in [0.2, 0.25) is 5.02 Å². The smallest absolute Gasteiger partial charge is 0.416 e. The van der Waals surface area contributed by atoms with Gasteiger partial charge < -0.3 is 19.5 Å². The van der Waals surface area contributed by atoms with Crippen molar-refractivity contribution in [2.45, 2.75) is 6.18 Å². The number of benzene rings is 2. The average Bonchev–Trinajstić information content (AvgIpc) is 2.82. The molecule has 0 unspecified atom stereocenters. The number of hydrogen-bond acceptors (Lipinski definition) is 7. The Balaban J connectivity index is 1.35. The first kappa shape index (κ1) is 24.1. The zero-order chi connectivity index (χ0) is 24.0. The number of ether oxygens (including phenoxy) is 3. The summed E-state index contributed by atoms with van der Waals surface area (Å²) < 4.78 is 55.3. The van der Waals surface area contributed by atoms with Gasteiger partial charge in [-0.15, -0.1) is 0 Å². The van der Waals surface area contributed by atoms with Gasteiger partial charge in [0.05, 0.1) is 23.8 Å². The number of aromatic nitrogens is 2. The molecule has 0 radical (unpaired) electrons. The average molecular weight is 495 g/mol. The van der Waals surface area contributed by atoms with Crippen LogP contribution in [0.15, 0.2) is 54.7 Å². The van der Waals surface area contributed by atoms with Crippen molar-refractivity contribution < 1.29 is 27.4 Å². The van der Waals surface area contributed by atoms with E-state index in [-0.39, 0.29) is 22.5 Å². The lowest BCUT2D eigenvalue weighted by atomic mass is 10.2. The molecule has 0 aliphatic carbocycles. The van der Waals surface area contributed by atoms with Crippen LogP contribution in [0.4, 0.5) is 24.7 Å². The van der Waals surface area contributed by atoms with E-state index in [4.69, 9.17) is 25.8 Å². The molecule has 0 bridgehead atoms. The summed E-state index contributed by atoms with van der Waals surface area (Å²) in [6.07, 6.45) is -2.88. The fourth-order valence-corrected chi connectivity index (χ4v) is 3.46. The van der Waals surface area contributed by atoms with Crippen LogP contribution in [0.25, 0.3) is 0 Å². The highest BCUT2D eigenvalue weighted by molar-refractivity contribution is 6.32. The molecule has 0 amide bonds. The van der Waals surface area contributed by atoms with Crippen molar-refractivity contribution in [1.29, 1.82) is 0 Å². The number of rotatable bonds is 8. The summed E-state index contributed by atoms with van der Waals surface area (Å²) in [5.74, 6) is 0.757. The molecule has 0 saturated carbocycles. The molecule has 7 nitrogen and oxygen atoms in total. The van der Waals surface area contributed by atoms with Crippen molar-refractivity contribution >= 4 is 23.1 Å². The van der Waals surface area contributed by atoms with Gasteiger partial charge in [0.25, 0.3) is 0 Å². The van der Waals surface area contributed by atoms with Gasteiger partial charge >= 0.3 is 12.2 Å². The van der Waals surface area contributed by atoms with Crippen LogP contribution in [0.5, 0.6) is 17.5 Å². The quantitative estimate of drug-likeness (QED) is 0.450. The molecule has 180 valence electrons. The summed E-state index contributed by atoms with van der Waals surface area (Å²) in [5.41, 5.74) is -0.189. The van der Waals surface area contributed by atoms with Crippen LogP contribution in [0.3, 0.4) is 0 Å². The normalized spacial score (nSPS) is 14.6. The monoisotopic (exact) mass is 494 g/mol. The highest BCUT2D eigenvalue weighted by atomic mass is 35.5. The number of hydrogen-bond donors (Lipinski definition) is 1. The van der Waals surface area contributed by atoms with Gasteiger partial charge in [-0.2, -0.15) is 18.2 Å². The summed E-state index contributed by atoms with van der Waals surface area (Å²) in [6.45, 7) is 4.41. The van der Waals surface area contributed by atoms with Crippen LogP contribution in [-0.4, -0.2) is 54.3 Å². The topological polar surface area (TPSA) is 68.7 Å². The van der Waals surface area contributed by atoms with Crippen molar-refractivity contribution in [3.8, 4) is 17.5 Å². The minimum absolute atomic E-state index is 0.0344. The van der Waals surface area contributed by atoms with Crippen LogP contribution in [0.1, 0.15) is 5.56 Å². The van der Waals surface area contributed by atoms with E-state index < -0.39 is 11.7 Å². The summed E-state index contributed by atoms with van der Waals surface area (Å²) in [5, 5.41) is 3.32. The molecule has 2 heterocycles. The van der Waals surface area contributed by atoms with Crippen LogP contribution in [0, 0.1) is 0 Å². The van der Waals surface area contributed by atoms with Crippen molar-refractivity contribution in [2.24, 2.45) is 0 Å². The first-order valence-corrected chi connectivity index (χ1v) is 10.9. The molecule has 1 aliphatic rings. The molecule has 1 aromatic heterocycles. The van der Waals surface area contributed by atoms with Crippen molar-refractivity contribution in [1.82, 2.24) is 14.9 Å². The predicted octanol–water partition coefficient (Wildman–Crippen LogP) is 5.40. The number of nitrogens with one attached hydrogen (secondary N) is 1. The number of anilines is 2. The van der Waals surface area contributed by atoms with Gasteiger partial charge in [-0.05, 0) is 42.5 Å². The lowest BCUT2D eigenvalue weighted by molar-refractivity contribution is -0.137. The minimum Gasteiger partial charge on any atom is -0.462 e. The highest BCUT2D eigenvalue weighted by Gasteiger charge is 2.30. The van der Waals surface area contributed by atoms with Gasteiger partial charge in [0, 0.05) is 31.5 Å². The summed E-state index contributed by atoms with van der Waals surface area (Å²) in [7, 11) is 0. The van der Waals surface area contributed by atoms with Gasteiger partial charge in [-0.25, -0.2) is 4.98 Å². The zero-order valence-electron chi connectivity index (χ0n) is 18.0. The number of alkyl halides is 3. The molecule has 1 fully saturated rings. The van der Waals surface area contributed by atoms with Crippen molar-refractivity contribution in [3.63, 3.8) is 0 Å². The maximum Gasteiger partial charge on any atom is 0.416 e. The minimum atomic E-state index is -4.46. The second-order valence-electron chi connectivity index (χ2n) is 7.42. The van der Waals surface area contributed by atoms with E-state index in [1.807, 2.05) is 0 Å². The Morgan fingerprint density at radius 1 is 1.09 bits per heavy atom. The summed E-state index contributed by atoms with van der Waals surface area (Å²) in [6, 6.07) is 11.3. The van der Waals surface area contributed by atoms with E-state index in [2.05, 4.69) is 20.2 Å². The van der Waals surface area contributed by atoms with Crippen LogP contribution < -0.4 is 14.8 Å². The fourth-order valence-electron chi connectivity index (χ4n) is 3.24. The van der Waals surface area contributed by atoms with E-state index in [0.717, 1.165) is 45.0 Å². The Labute approximate surface area is 199 Å². The molecule has 2 aromatic carbocycles. The van der Waals surface area contributed by atoms with E-state index >= 15 is 0 Å². The van der Waals surface area contributed by atoms with Gasteiger partial charge in [0.1, 0.15) is 23.9 Å². The van der Waals surface area contributed by atoms with E-state index in [9.17, 15) is 13.2 Å². The molecule has 1 aliphatic heterocycles. The fraction of sp³-hybridized carbons (Fsp3) is 0.304. The second kappa shape index (κ2) is 10.9. The molecule has 34 heavy (non-hydrogen) atoms. The van der Waals surface area contributed by atoms with E-state index in [1.165, 1.54) is 12.1 Å². The molecular weight excluding hydrogens is 473 g/mol. The molecule has 0 atom stereocenters. The van der Waals surface area contributed by atoms with Gasteiger partial charge in [-0.3, -0.25) is 4.90 Å². The third-order valence-electron chi connectivity index (χ3n) is 4.97. The molecule has 11 heteroatoms. The lowest BCUT2D eigenvalue weighted by Gasteiger charge is -2.26. The molecule has 4 rings (SSSR count). The molecule has 1 N–H and O–H groups in total. The largest absolute Gasteiger partial charge is 0.462 e. The maximum atomic E-state index is 12.9. The third kappa shape index (κ3) is 6.72. The zero-order valence-corrected chi connectivity index (χ0v) is 18.8. The lowest BCUT2D eigenvalue weighted by Crippen LogP contribution is -2.38. The molecule has 1 saturated heterocycles. The van der Waals surface area contributed by atoms with Crippen LogP contribution >= 0.6 is 11.6 Å². The van der Waals surface area contributed by atoms with E-state index in [1.54, 1.807) is 30.5 Å². The van der Waals surface area contributed by atoms with Crippen molar-refractivity contribution in [2.75, 3.05) is 44.8 Å². The first-order chi connectivity index (χ1) is 16.4. The Hall–Kier alpha value is -3.08. The first-order valence-electron chi connectivity index (χ1n) is 10.5. The standard InChI is InChI=1S/C23H22ClF3N4O3/c24-19-15-17(4-5-20(19)34-18-3-1-2-16(14-18)23(25,26)27)29-21-6-7-28-22(30-21)33-13-10-31-8-11-32-12-9-31/h1-7,14-15H,8-13H2,(H,28,29,30). The molecule has 0 spiro atoms. The Morgan fingerprint density at radius 3 is 2.68 bits per heavy atom. The van der Waals surface area contributed by atoms with Gasteiger partial charge in [0.15, 0.2) is 0 Å². The van der Waals surface area contributed by atoms with Crippen molar-refractivity contribution in [3.05, 3.63) is 65.3 Å². The summed E-state index contributed by atoms with van der Waals surface area (Å²) >= 11 is 6.29. The maximum absolute atomic E-state index is 12.9.